The number of benzene rings is 1. The highest BCUT2D eigenvalue weighted by Crippen LogP contribution is 2.26. The molecule has 26 heavy (non-hydrogen) atoms. The van der Waals surface area contributed by atoms with Crippen molar-refractivity contribution in [2.75, 3.05) is 6.54 Å². The summed E-state index contributed by atoms with van der Waals surface area (Å²) in [6.45, 7) is 3.97. The monoisotopic (exact) mass is 349 g/mol. The number of imidazole rings is 1. The van der Waals surface area contributed by atoms with Crippen LogP contribution in [0.5, 0.6) is 0 Å². The summed E-state index contributed by atoms with van der Waals surface area (Å²) in [5.74, 6) is 1.42. The average Bonchev–Trinajstić information content (AvgIpc) is 3.01. The van der Waals surface area contributed by atoms with Gasteiger partial charge in [-0.05, 0) is 30.5 Å². The minimum Gasteiger partial charge on any atom is -0.350 e. The van der Waals surface area contributed by atoms with Crippen LogP contribution in [-0.4, -0.2) is 26.9 Å². The molecule has 1 amide bonds. The molecule has 1 aliphatic carbocycles. The smallest absolute Gasteiger partial charge is 0.223 e. The summed E-state index contributed by atoms with van der Waals surface area (Å²) in [6.07, 6.45) is 5.27. The molecular formula is C20H23N5O. The van der Waals surface area contributed by atoms with Crippen molar-refractivity contribution in [3.8, 4) is 6.07 Å². The van der Waals surface area contributed by atoms with Gasteiger partial charge in [-0.15, -0.1) is 0 Å². The highest BCUT2D eigenvalue weighted by atomic mass is 16.1. The van der Waals surface area contributed by atoms with Crippen LogP contribution in [0, 0.1) is 17.2 Å². The molecular weight excluding hydrogens is 326 g/mol. The first kappa shape index (κ1) is 16.8. The summed E-state index contributed by atoms with van der Waals surface area (Å²) in [6, 6.07) is 9.96. The van der Waals surface area contributed by atoms with Gasteiger partial charge in [0.15, 0.2) is 0 Å². The quantitative estimate of drug-likeness (QED) is 0.898. The van der Waals surface area contributed by atoms with E-state index in [2.05, 4.69) is 33.1 Å². The molecule has 1 aromatic heterocycles. The minimum absolute atomic E-state index is 0.168. The molecule has 1 fully saturated rings. The first-order chi connectivity index (χ1) is 12.7. The van der Waals surface area contributed by atoms with Gasteiger partial charge < -0.3 is 9.88 Å². The van der Waals surface area contributed by atoms with E-state index in [1.807, 2.05) is 18.2 Å². The molecule has 6 nitrogen and oxygen atoms in total. The van der Waals surface area contributed by atoms with Crippen molar-refractivity contribution in [3.63, 3.8) is 0 Å². The molecule has 0 saturated heterocycles. The van der Waals surface area contributed by atoms with Crippen molar-refractivity contribution in [1.82, 2.24) is 19.8 Å². The van der Waals surface area contributed by atoms with E-state index in [0.717, 1.165) is 56.1 Å². The Labute approximate surface area is 153 Å². The molecule has 0 radical (unpaired) electrons. The van der Waals surface area contributed by atoms with Gasteiger partial charge in [0.1, 0.15) is 5.82 Å². The van der Waals surface area contributed by atoms with Gasteiger partial charge in [0, 0.05) is 31.7 Å². The van der Waals surface area contributed by atoms with Gasteiger partial charge in [-0.1, -0.05) is 18.6 Å². The maximum atomic E-state index is 12.0. The predicted molar refractivity (Wildman–Crippen MR) is 96.7 cm³/mol. The standard InChI is InChI=1S/C20H23N5O/c21-10-15-3-1-4-16(9-15)12-24-7-8-25-13-18(23-19(25)14-24)11-22-20(26)17-5-2-6-17/h1,3-4,9,13,17H,2,5-8,11-12,14H2,(H,22,26). The van der Waals surface area contributed by atoms with Gasteiger partial charge in [0.05, 0.1) is 30.4 Å². The van der Waals surface area contributed by atoms with Crippen LogP contribution >= 0.6 is 0 Å². The fourth-order valence-electron chi connectivity index (χ4n) is 3.57. The lowest BCUT2D eigenvalue weighted by atomic mass is 9.85. The summed E-state index contributed by atoms with van der Waals surface area (Å²) in [5.41, 5.74) is 2.78. The molecule has 1 aromatic carbocycles. The zero-order valence-electron chi connectivity index (χ0n) is 14.8. The van der Waals surface area contributed by atoms with Crippen LogP contribution in [-0.2, 0) is 31.0 Å². The number of fused-ring (bicyclic) bond motifs is 1. The Balaban J connectivity index is 1.35. The van der Waals surface area contributed by atoms with Crippen LogP contribution in [0.15, 0.2) is 30.5 Å². The Kier molecular flexibility index (Phi) is 4.72. The fourth-order valence-corrected chi connectivity index (χ4v) is 3.57. The summed E-state index contributed by atoms with van der Waals surface area (Å²) >= 11 is 0. The summed E-state index contributed by atoms with van der Waals surface area (Å²) in [4.78, 5) is 19.0. The van der Waals surface area contributed by atoms with Gasteiger partial charge >= 0.3 is 0 Å². The van der Waals surface area contributed by atoms with E-state index < -0.39 is 0 Å². The highest BCUT2D eigenvalue weighted by molar-refractivity contribution is 5.79. The van der Waals surface area contributed by atoms with E-state index in [4.69, 9.17) is 10.2 Å². The van der Waals surface area contributed by atoms with Crippen molar-refractivity contribution in [3.05, 3.63) is 53.1 Å². The zero-order valence-corrected chi connectivity index (χ0v) is 14.8. The van der Waals surface area contributed by atoms with Crippen molar-refractivity contribution < 1.29 is 4.79 Å². The van der Waals surface area contributed by atoms with Crippen molar-refractivity contribution in [2.24, 2.45) is 5.92 Å². The van der Waals surface area contributed by atoms with Crippen LogP contribution in [0.1, 0.15) is 41.9 Å². The SMILES string of the molecule is N#Cc1cccc(CN2CCn3cc(CNC(=O)C4CCC4)nc3C2)c1. The molecule has 0 spiro atoms. The Morgan fingerprint density at radius 3 is 3.00 bits per heavy atom. The lowest BCUT2D eigenvalue weighted by Crippen LogP contribution is -2.34. The number of nitriles is 1. The first-order valence-electron chi connectivity index (χ1n) is 9.25. The second-order valence-corrected chi connectivity index (χ2v) is 7.21. The number of carbonyl (C=O) groups is 1. The van der Waals surface area contributed by atoms with E-state index >= 15 is 0 Å². The van der Waals surface area contributed by atoms with E-state index in [0.29, 0.717) is 12.1 Å². The zero-order chi connectivity index (χ0) is 17.9. The molecule has 4 rings (SSSR count). The van der Waals surface area contributed by atoms with E-state index in [1.54, 1.807) is 0 Å². The normalized spacial score (nSPS) is 17.2. The van der Waals surface area contributed by atoms with Crippen molar-refractivity contribution in [2.45, 2.75) is 45.4 Å². The Hall–Kier alpha value is -2.65. The molecule has 6 heteroatoms. The molecule has 0 bridgehead atoms. The van der Waals surface area contributed by atoms with Crippen LogP contribution in [0.4, 0.5) is 0 Å². The van der Waals surface area contributed by atoms with E-state index in [9.17, 15) is 4.79 Å². The minimum atomic E-state index is 0.168. The van der Waals surface area contributed by atoms with Gasteiger partial charge in [-0.3, -0.25) is 9.69 Å². The second-order valence-electron chi connectivity index (χ2n) is 7.21. The van der Waals surface area contributed by atoms with Crippen molar-refractivity contribution >= 4 is 5.91 Å². The van der Waals surface area contributed by atoms with Crippen molar-refractivity contribution in [1.29, 1.82) is 5.26 Å². The van der Waals surface area contributed by atoms with Gasteiger partial charge in [-0.25, -0.2) is 4.98 Å². The largest absolute Gasteiger partial charge is 0.350 e. The number of amides is 1. The van der Waals surface area contributed by atoms with Crippen LogP contribution < -0.4 is 5.32 Å². The molecule has 1 aliphatic heterocycles. The first-order valence-corrected chi connectivity index (χ1v) is 9.25. The van der Waals surface area contributed by atoms with Gasteiger partial charge in [0.25, 0.3) is 0 Å². The van der Waals surface area contributed by atoms with E-state index in [1.165, 1.54) is 6.42 Å². The number of hydrogen-bond donors (Lipinski definition) is 1. The Morgan fingerprint density at radius 2 is 2.23 bits per heavy atom. The third-order valence-electron chi connectivity index (χ3n) is 5.31. The van der Waals surface area contributed by atoms with Gasteiger partial charge in [-0.2, -0.15) is 5.26 Å². The third kappa shape index (κ3) is 3.63. The summed E-state index contributed by atoms with van der Waals surface area (Å²) < 4.78 is 2.19. The number of nitrogens with one attached hydrogen (secondary N) is 1. The lowest BCUT2D eigenvalue weighted by Gasteiger charge is -2.27. The third-order valence-corrected chi connectivity index (χ3v) is 5.31. The topological polar surface area (TPSA) is 74.0 Å². The molecule has 2 aromatic rings. The van der Waals surface area contributed by atoms with E-state index in [-0.39, 0.29) is 11.8 Å². The molecule has 1 saturated carbocycles. The Morgan fingerprint density at radius 1 is 1.35 bits per heavy atom. The number of carbonyl (C=O) groups excluding carboxylic acids is 1. The fraction of sp³-hybridized carbons (Fsp3) is 0.450. The van der Waals surface area contributed by atoms with Crippen LogP contribution in [0.3, 0.4) is 0 Å². The Bertz CT molecular complexity index is 846. The average molecular weight is 349 g/mol. The summed E-state index contributed by atoms with van der Waals surface area (Å²) in [5, 5.41) is 12.1. The summed E-state index contributed by atoms with van der Waals surface area (Å²) in [7, 11) is 0. The maximum Gasteiger partial charge on any atom is 0.223 e. The predicted octanol–water partition coefficient (Wildman–Crippen LogP) is 2.19. The number of rotatable bonds is 5. The molecule has 2 heterocycles. The van der Waals surface area contributed by atoms with Crippen LogP contribution in [0.25, 0.3) is 0 Å². The maximum absolute atomic E-state index is 12.0. The number of aromatic nitrogens is 2. The number of nitrogens with zero attached hydrogens (tertiary/aromatic N) is 4. The van der Waals surface area contributed by atoms with Gasteiger partial charge in [0.2, 0.25) is 5.91 Å². The lowest BCUT2D eigenvalue weighted by molar-refractivity contribution is -0.127. The molecule has 0 atom stereocenters. The molecule has 2 aliphatic rings. The van der Waals surface area contributed by atoms with Crippen LogP contribution in [0.2, 0.25) is 0 Å². The second kappa shape index (κ2) is 7.30. The molecule has 134 valence electrons. The number of hydrogen-bond acceptors (Lipinski definition) is 4. The molecule has 0 unspecified atom stereocenters. The molecule has 1 N–H and O–H groups in total. The highest BCUT2D eigenvalue weighted by Gasteiger charge is 2.25.